The van der Waals surface area contributed by atoms with Gasteiger partial charge in [0.15, 0.2) is 0 Å². The number of hydrogen-bond donors (Lipinski definition) is 2. The highest BCUT2D eigenvalue weighted by Crippen LogP contribution is 2.27. The van der Waals surface area contributed by atoms with Crippen molar-refractivity contribution in [3.8, 4) is 11.1 Å². The number of nitrogens with zero attached hydrogens (tertiary/aromatic N) is 1. The van der Waals surface area contributed by atoms with Gasteiger partial charge in [0.1, 0.15) is 5.82 Å². The molecule has 0 fully saturated rings. The molecular formula is C25H26ClFN2O5. The van der Waals surface area contributed by atoms with Crippen molar-refractivity contribution in [3.63, 3.8) is 0 Å². The van der Waals surface area contributed by atoms with Crippen LogP contribution in [0.5, 0.6) is 0 Å². The summed E-state index contributed by atoms with van der Waals surface area (Å²) in [6, 6.07) is 12.5. The second kappa shape index (κ2) is 11.8. The molecule has 9 heteroatoms. The van der Waals surface area contributed by atoms with E-state index in [1.807, 2.05) is 19.1 Å². The molecule has 0 spiro atoms. The molecule has 0 aliphatic heterocycles. The van der Waals surface area contributed by atoms with Crippen LogP contribution in [0.2, 0.25) is 5.02 Å². The van der Waals surface area contributed by atoms with E-state index in [-0.39, 0.29) is 24.6 Å². The normalized spacial score (nSPS) is 12.8. The van der Waals surface area contributed by atoms with Crippen molar-refractivity contribution < 1.29 is 28.3 Å². The Morgan fingerprint density at radius 3 is 2.56 bits per heavy atom. The summed E-state index contributed by atoms with van der Waals surface area (Å²) < 4.78 is 24.3. The molecular weight excluding hydrogens is 463 g/mol. The standard InChI is InChI=1S/C25H26ClFN2O5/c1-3-19-13-23(34-29-19)24(30)28-20(11-17(14-33-2)25(31)32)10-15-4-6-16(7-5-15)21-12-18(26)8-9-22(21)27/h4-9,12-13,17,20H,3,10-11,14H2,1-2H3,(H,28,30)(H,31,32)/t17?,20-/m1/s1. The molecule has 0 saturated heterocycles. The number of aromatic nitrogens is 1. The minimum atomic E-state index is -1.01. The molecule has 2 N–H and O–H groups in total. The number of amides is 1. The number of rotatable bonds is 11. The Hall–Kier alpha value is -3.23. The van der Waals surface area contributed by atoms with Gasteiger partial charge < -0.3 is 19.7 Å². The molecule has 7 nitrogen and oxygen atoms in total. The largest absolute Gasteiger partial charge is 0.481 e. The molecule has 3 rings (SSSR count). The maximum atomic E-state index is 14.2. The van der Waals surface area contributed by atoms with E-state index in [0.29, 0.717) is 34.7 Å². The lowest BCUT2D eigenvalue weighted by atomic mass is 9.94. The molecule has 0 radical (unpaired) electrons. The fourth-order valence-electron chi connectivity index (χ4n) is 3.64. The molecule has 1 unspecified atom stereocenters. The third-order valence-corrected chi connectivity index (χ3v) is 5.68. The van der Waals surface area contributed by atoms with Gasteiger partial charge in [0.05, 0.1) is 18.2 Å². The third-order valence-electron chi connectivity index (χ3n) is 5.44. The summed E-state index contributed by atoms with van der Waals surface area (Å²) in [4.78, 5) is 24.4. The number of carbonyl (C=O) groups is 2. The zero-order valence-corrected chi connectivity index (χ0v) is 19.6. The van der Waals surface area contributed by atoms with Gasteiger partial charge in [-0.05, 0) is 48.6 Å². The lowest BCUT2D eigenvalue weighted by molar-refractivity contribution is -0.144. The summed E-state index contributed by atoms with van der Waals surface area (Å²) in [5, 5.41) is 16.7. The molecule has 1 heterocycles. The first-order valence-electron chi connectivity index (χ1n) is 10.8. The second-order valence-electron chi connectivity index (χ2n) is 7.96. The molecule has 0 aliphatic carbocycles. The number of carbonyl (C=O) groups excluding carboxylic acids is 1. The van der Waals surface area contributed by atoms with E-state index < -0.39 is 23.8 Å². The maximum Gasteiger partial charge on any atom is 0.308 e. The molecule has 2 atom stereocenters. The van der Waals surface area contributed by atoms with Crippen molar-refractivity contribution in [1.29, 1.82) is 0 Å². The monoisotopic (exact) mass is 488 g/mol. The second-order valence-corrected chi connectivity index (χ2v) is 8.39. The third kappa shape index (κ3) is 6.65. The zero-order chi connectivity index (χ0) is 24.7. The fraction of sp³-hybridized carbons (Fsp3) is 0.320. The van der Waals surface area contributed by atoms with E-state index in [1.165, 1.54) is 19.2 Å². The lowest BCUT2D eigenvalue weighted by Gasteiger charge is -2.22. The van der Waals surface area contributed by atoms with Gasteiger partial charge in [-0.25, -0.2) is 4.39 Å². The van der Waals surface area contributed by atoms with Gasteiger partial charge in [0.2, 0.25) is 5.76 Å². The minimum Gasteiger partial charge on any atom is -0.481 e. The van der Waals surface area contributed by atoms with E-state index in [0.717, 1.165) is 5.56 Å². The number of aryl methyl sites for hydroxylation is 1. The number of aliphatic carboxylic acids is 1. The van der Waals surface area contributed by atoms with Crippen LogP contribution in [0.15, 0.2) is 53.1 Å². The predicted molar refractivity (Wildman–Crippen MR) is 125 cm³/mol. The molecule has 2 aromatic carbocycles. The van der Waals surface area contributed by atoms with Crippen molar-refractivity contribution >= 4 is 23.5 Å². The number of hydrogen-bond acceptors (Lipinski definition) is 5. The molecule has 180 valence electrons. The van der Waals surface area contributed by atoms with E-state index in [1.54, 1.807) is 24.3 Å². The summed E-state index contributed by atoms with van der Waals surface area (Å²) in [7, 11) is 1.43. The quantitative estimate of drug-likeness (QED) is 0.403. The first kappa shape index (κ1) is 25.4. The van der Waals surface area contributed by atoms with Gasteiger partial charge >= 0.3 is 5.97 Å². The smallest absolute Gasteiger partial charge is 0.308 e. The first-order valence-corrected chi connectivity index (χ1v) is 11.2. The van der Waals surface area contributed by atoms with E-state index in [2.05, 4.69) is 10.5 Å². The number of carboxylic acid groups (broad SMARTS) is 1. The topological polar surface area (TPSA) is 102 Å². The summed E-state index contributed by atoms with van der Waals surface area (Å²) in [5.41, 5.74) is 2.52. The van der Waals surface area contributed by atoms with Gasteiger partial charge in [0.25, 0.3) is 5.91 Å². The Morgan fingerprint density at radius 1 is 1.21 bits per heavy atom. The van der Waals surface area contributed by atoms with Crippen molar-refractivity contribution in [3.05, 3.63) is 76.4 Å². The highest BCUT2D eigenvalue weighted by Gasteiger charge is 2.25. The van der Waals surface area contributed by atoms with Crippen LogP contribution in [0.3, 0.4) is 0 Å². The molecule has 34 heavy (non-hydrogen) atoms. The Labute approximate surface area is 201 Å². The van der Waals surface area contributed by atoms with Gasteiger partial charge in [0, 0.05) is 29.8 Å². The molecule has 0 bridgehead atoms. The van der Waals surface area contributed by atoms with Gasteiger partial charge in [-0.15, -0.1) is 0 Å². The van der Waals surface area contributed by atoms with Crippen molar-refractivity contribution in [2.45, 2.75) is 32.2 Å². The van der Waals surface area contributed by atoms with Crippen LogP contribution in [0.25, 0.3) is 11.1 Å². The highest BCUT2D eigenvalue weighted by molar-refractivity contribution is 6.30. The van der Waals surface area contributed by atoms with Crippen LogP contribution < -0.4 is 5.32 Å². The van der Waals surface area contributed by atoms with Crippen LogP contribution in [0, 0.1) is 11.7 Å². The van der Waals surface area contributed by atoms with Crippen LogP contribution >= 0.6 is 11.6 Å². The van der Waals surface area contributed by atoms with Crippen LogP contribution in [-0.4, -0.2) is 41.9 Å². The van der Waals surface area contributed by atoms with Gasteiger partial charge in [-0.1, -0.05) is 47.9 Å². The summed E-state index contributed by atoms with van der Waals surface area (Å²) in [6.07, 6.45) is 1.12. The van der Waals surface area contributed by atoms with E-state index >= 15 is 0 Å². The Bertz CT molecular complexity index is 1130. The Kier molecular flexibility index (Phi) is 8.79. The number of halogens is 2. The Balaban J connectivity index is 1.80. The number of benzene rings is 2. The zero-order valence-electron chi connectivity index (χ0n) is 18.9. The molecule has 3 aromatic rings. The van der Waals surface area contributed by atoms with Gasteiger partial charge in [-0.3, -0.25) is 9.59 Å². The van der Waals surface area contributed by atoms with Crippen molar-refractivity contribution in [1.82, 2.24) is 10.5 Å². The molecule has 0 saturated carbocycles. The lowest BCUT2D eigenvalue weighted by Crippen LogP contribution is -2.39. The number of methoxy groups -OCH3 is 1. The van der Waals surface area contributed by atoms with Gasteiger partial charge in [-0.2, -0.15) is 0 Å². The van der Waals surface area contributed by atoms with Crippen molar-refractivity contribution in [2.75, 3.05) is 13.7 Å². The Morgan fingerprint density at radius 2 is 1.94 bits per heavy atom. The van der Waals surface area contributed by atoms with E-state index in [9.17, 15) is 19.1 Å². The average molecular weight is 489 g/mol. The van der Waals surface area contributed by atoms with E-state index in [4.69, 9.17) is 20.9 Å². The molecule has 1 aromatic heterocycles. The van der Waals surface area contributed by atoms with Crippen molar-refractivity contribution in [2.24, 2.45) is 5.92 Å². The fourth-order valence-corrected chi connectivity index (χ4v) is 3.82. The summed E-state index contributed by atoms with van der Waals surface area (Å²) in [6.45, 7) is 1.90. The molecule has 1 amide bonds. The van der Waals surface area contributed by atoms with Crippen LogP contribution in [-0.2, 0) is 22.4 Å². The first-order chi connectivity index (χ1) is 16.3. The average Bonchev–Trinajstić information content (AvgIpc) is 3.30. The number of nitrogens with one attached hydrogen (secondary N) is 1. The van der Waals surface area contributed by atoms with Crippen LogP contribution in [0.1, 0.15) is 35.2 Å². The predicted octanol–water partition coefficient (Wildman–Crippen LogP) is 4.77. The highest BCUT2D eigenvalue weighted by atomic mass is 35.5. The van der Waals surface area contributed by atoms with Crippen LogP contribution in [0.4, 0.5) is 4.39 Å². The number of ether oxygens (including phenoxy) is 1. The summed E-state index contributed by atoms with van der Waals surface area (Å²) in [5.74, 6) is -2.62. The minimum absolute atomic E-state index is 0.0109. The maximum absolute atomic E-state index is 14.2. The molecule has 0 aliphatic rings. The number of carboxylic acids is 1. The SMILES string of the molecule is CCc1cc(C(=O)N[C@H](Cc2ccc(-c3cc(Cl)ccc3F)cc2)CC(COC)C(=O)O)on1. The summed E-state index contributed by atoms with van der Waals surface area (Å²) >= 11 is 6.00.